The first-order valence-corrected chi connectivity index (χ1v) is 40.5. The van der Waals surface area contributed by atoms with Crippen molar-refractivity contribution in [3.63, 3.8) is 0 Å². The average Bonchev–Trinajstić information content (AvgIpc) is 2.41. The van der Waals surface area contributed by atoms with Crippen LogP contribution in [-0.4, -0.2) is 96.7 Å². The summed E-state index contributed by atoms with van der Waals surface area (Å²) >= 11 is 0. The third kappa shape index (κ3) is 65.1. The van der Waals surface area contributed by atoms with Crippen molar-refractivity contribution in [2.45, 2.75) is 387 Å². The molecule has 0 aliphatic heterocycles. The average molecular weight is 1340 g/mol. The summed E-state index contributed by atoms with van der Waals surface area (Å²) in [5, 5.41) is 10.6. The highest BCUT2D eigenvalue weighted by atomic mass is 31.2. The molecule has 0 amide bonds. The third-order valence-corrected chi connectivity index (χ3v) is 19.0. The molecule has 17 nitrogen and oxygen atoms in total. The molecule has 0 saturated carbocycles. The van der Waals surface area contributed by atoms with Crippen LogP contribution in [0.25, 0.3) is 0 Å². The number of phosphoric ester groups is 2. The SMILES string of the molecule is CCCCCCCCCCCCCCCCCCCCCCCCC(=O)O[C@H](COC(=O)CCCCCCCCCCCC(C)C)COP(=O)(O)OC[C@@H](O)COP(=O)(O)OC[C@@H](COC(=O)CCCCCCC)OC(=O)CCCCCCCCCCC(C)CC. The molecular formula is C72H140O17P2. The van der Waals surface area contributed by atoms with E-state index in [0.29, 0.717) is 25.7 Å². The van der Waals surface area contributed by atoms with E-state index in [0.717, 1.165) is 108 Å². The van der Waals surface area contributed by atoms with Crippen molar-refractivity contribution in [3.05, 3.63) is 0 Å². The first kappa shape index (κ1) is 89.1. The molecule has 3 N–H and O–H groups in total. The maximum Gasteiger partial charge on any atom is 0.472 e. The van der Waals surface area contributed by atoms with Crippen molar-refractivity contribution in [2.75, 3.05) is 39.6 Å². The Hall–Kier alpha value is -1.94. The van der Waals surface area contributed by atoms with Crippen molar-refractivity contribution in [2.24, 2.45) is 11.8 Å². The molecule has 0 aromatic heterocycles. The van der Waals surface area contributed by atoms with Gasteiger partial charge in [-0.25, -0.2) is 9.13 Å². The predicted octanol–water partition coefficient (Wildman–Crippen LogP) is 20.8. The number of carbonyl (C=O) groups excluding carboxylic acids is 4. The molecule has 0 heterocycles. The van der Waals surface area contributed by atoms with Gasteiger partial charge in [0.1, 0.15) is 19.3 Å². The lowest BCUT2D eigenvalue weighted by Crippen LogP contribution is -2.30. The molecule has 0 radical (unpaired) electrons. The number of phosphoric acid groups is 2. The van der Waals surface area contributed by atoms with Crippen LogP contribution in [0.15, 0.2) is 0 Å². The Balaban J connectivity index is 5.09. The van der Waals surface area contributed by atoms with Crippen LogP contribution in [0.2, 0.25) is 0 Å². The van der Waals surface area contributed by atoms with Gasteiger partial charge in [-0.1, -0.05) is 318 Å². The molecule has 0 aliphatic rings. The Labute approximate surface area is 556 Å². The quantitative estimate of drug-likeness (QED) is 0.0222. The van der Waals surface area contributed by atoms with Crippen LogP contribution in [0.4, 0.5) is 0 Å². The lowest BCUT2D eigenvalue weighted by atomic mass is 9.99. The van der Waals surface area contributed by atoms with E-state index in [1.165, 1.54) is 180 Å². The van der Waals surface area contributed by atoms with Gasteiger partial charge in [-0.2, -0.15) is 0 Å². The molecule has 0 aromatic carbocycles. The van der Waals surface area contributed by atoms with Crippen LogP contribution >= 0.6 is 15.6 Å². The minimum absolute atomic E-state index is 0.104. The lowest BCUT2D eigenvalue weighted by molar-refractivity contribution is -0.161. The molecule has 0 aromatic rings. The molecule has 19 heteroatoms. The maximum atomic E-state index is 13.0. The fraction of sp³-hybridized carbons (Fsp3) is 0.944. The number of rotatable bonds is 71. The van der Waals surface area contributed by atoms with Gasteiger partial charge in [0.05, 0.1) is 26.4 Å². The second kappa shape index (κ2) is 64.1. The first-order chi connectivity index (χ1) is 43.9. The second-order valence-electron chi connectivity index (χ2n) is 26.7. The van der Waals surface area contributed by atoms with E-state index in [-0.39, 0.29) is 25.7 Å². The standard InChI is InChI=1S/C72H140O17P2/c1-7-10-12-14-15-16-17-18-19-20-21-22-23-24-25-26-27-28-31-38-44-50-56-71(76)89-68(61-83-70(75)55-49-43-37-32-29-30-35-41-46-52-64(4)5)63-87-91(80,81)85-59-66(73)58-84-90(78,79)86-62-67(60-82-69(74)54-48-40-13-11-8-2)88-72(77)57-51-45-39-34-33-36-42-47-53-65(6)9-3/h64-68,73H,7-63H2,1-6H3,(H,78,79)(H,80,81)/t65?,66-,67+,68+/m0/s1. The zero-order chi connectivity index (χ0) is 67.2. The zero-order valence-electron chi connectivity index (χ0n) is 59.1. The van der Waals surface area contributed by atoms with Crippen LogP contribution in [0.1, 0.15) is 369 Å². The molecule has 91 heavy (non-hydrogen) atoms. The molecule has 3 unspecified atom stereocenters. The van der Waals surface area contributed by atoms with E-state index in [1.807, 2.05) is 0 Å². The number of ether oxygens (including phenoxy) is 4. The fourth-order valence-corrected chi connectivity index (χ4v) is 12.5. The van der Waals surface area contributed by atoms with E-state index in [9.17, 15) is 43.2 Å². The molecule has 0 fully saturated rings. The van der Waals surface area contributed by atoms with E-state index in [1.54, 1.807) is 0 Å². The molecule has 6 atom stereocenters. The van der Waals surface area contributed by atoms with Crippen molar-refractivity contribution in [3.8, 4) is 0 Å². The van der Waals surface area contributed by atoms with Crippen LogP contribution < -0.4 is 0 Å². The number of aliphatic hydroxyl groups is 1. The molecule has 0 rings (SSSR count). The fourth-order valence-electron chi connectivity index (χ4n) is 10.9. The molecule has 0 saturated heterocycles. The van der Waals surface area contributed by atoms with Gasteiger partial charge in [-0.3, -0.25) is 37.3 Å². The molecule has 540 valence electrons. The first-order valence-electron chi connectivity index (χ1n) is 37.5. The van der Waals surface area contributed by atoms with Crippen molar-refractivity contribution in [1.29, 1.82) is 0 Å². The van der Waals surface area contributed by atoms with Crippen LogP contribution in [0.3, 0.4) is 0 Å². The highest BCUT2D eigenvalue weighted by Crippen LogP contribution is 2.45. The van der Waals surface area contributed by atoms with E-state index in [2.05, 4.69) is 41.5 Å². The lowest BCUT2D eigenvalue weighted by Gasteiger charge is -2.21. The maximum absolute atomic E-state index is 13.0. The van der Waals surface area contributed by atoms with Gasteiger partial charge >= 0.3 is 39.5 Å². The summed E-state index contributed by atoms with van der Waals surface area (Å²) in [6.07, 6.45) is 50.6. The van der Waals surface area contributed by atoms with Gasteiger partial charge in [-0.05, 0) is 37.5 Å². The number of unbranched alkanes of at least 4 members (excludes halogenated alkanes) is 40. The Kier molecular flexibility index (Phi) is 62.7. The molecular weight excluding hydrogens is 1200 g/mol. The largest absolute Gasteiger partial charge is 0.472 e. The molecule has 0 bridgehead atoms. The normalized spacial score (nSPS) is 14.4. The van der Waals surface area contributed by atoms with Gasteiger partial charge in [0.2, 0.25) is 0 Å². The Bertz CT molecular complexity index is 1770. The number of esters is 4. The summed E-state index contributed by atoms with van der Waals surface area (Å²) in [5.74, 6) is -0.623. The summed E-state index contributed by atoms with van der Waals surface area (Å²) in [6, 6.07) is 0. The highest BCUT2D eigenvalue weighted by molar-refractivity contribution is 7.47. The van der Waals surface area contributed by atoms with Crippen molar-refractivity contribution >= 4 is 39.5 Å². The minimum Gasteiger partial charge on any atom is -0.462 e. The Morgan fingerprint density at radius 2 is 0.560 bits per heavy atom. The van der Waals surface area contributed by atoms with E-state index < -0.39 is 97.5 Å². The van der Waals surface area contributed by atoms with E-state index >= 15 is 0 Å². The van der Waals surface area contributed by atoms with Crippen LogP contribution in [0.5, 0.6) is 0 Å². The summed E-state index contributed by atoms with van der Waals surface area (Å²) in [5.41, 5.74) is 0. The van der Waals surface area contributed by atoms with Crippen LogP contribution in [0, 0.1) is 11.8 Å². The minimum atomic E-state index is -4.95. The van der Waals surface area contributed by atoms with Gasteiger partial charge in [0.15, 0.2) is 12.2 Å². The van der Waals surface area contributed by atoms with Crippen LogP contribution in [-0.2, 0) is 65.4 Å². The monoisotopic (exact) mass is 1340 g/mol. The summed E-state index contributed by atoms with van der Waals surface area (Å²) in [4.78, 5) is 72.3. The topological polar surface area (TPSA) is 237 Å². The van der Waals surface area contributed by atoms with Crippen molar-refractivity contribution in [1.82, 2.24) is 0 Å². The molecule has 0 aliphatic carbocycles. The van der Waals surface area contributed by atoms with E-state index in [4.69, 9.17) is 37.0 Å². The zero-order valence-corrected chi connectivity index (χ0v) is 60.9. The third-order valence-electron chi connectivity index (χ3n) is 17.1. The van der Waals surface area contributed by atoms with Gasteiger partial charge < -0.3 is 33.8 Å². The smallest absolute Gasteiger partial charge is 0.462 e. The van der Waals surface area contributed by atoms with Crippen molar-refractivity contribution < 1.29 is 80.2 Å². The molecule has 0 spiro atoms. The summed E-state index contributed by atoms with van der Waals surface area (Å²) < 4.78 is 68.1. The number of hydrogen-bond donors (Lipinski definition) is 3. The van der Waals surface area contributed by atoms with Gasteiger partial charge in [0, 0.05) is 25.7 Å². The second-order valence-corrected chi connectivity index (χ2v) is 29.6. The highest BCUT2D eigenvalue weighted by Gasteiger charge is 2.30. The number of aliphatic hydroxyl groups excluding tert-OH is 1. The van der Waals surface area contributed by atoms with Gasteiger partial charge in [-0.15, -0.1) is 0 Å². The van der Waals surface area contributed by atoms with Gasteiger partial charge in [0.25, 0.3) is 0 Å². The summed E-state index contributed by atoms with van der Waals surface area (Å²) in [6.45, 7) is 9.44. The Morgan fingerprint density at radius 1 is 0.319 bits per heavy atom. The predicted molar refractivity (Wildman–Crippen MR) is 368 cm³/mol. The number of carbonyl (C=O) groups is 4. The number of hydrogen-bond acceptors (Lipinski definition) is 15. The Morgan fingerprint density at radius 3 is 0.835 bits per heavy atom. The summed E-state index contributed by atoms with van der Waals surface area (Å²) in [7, 11) is -9.89.